The topological polar surface area (TPSA) is 69.7 Å². The van der Waals surface area contributed by atoms with Gasteiger partial charge in [0.15, 0.2) is 0 Å². The molecule has 27 heavy (non-hydrogen) atoms. The number of carbonyl (C=O) groups is 1. The van der Waals surface area contributed by atoms with E-state index in [1.165, 1.54) is 0 Å². The molecule has 1 aliphatic rings. The van der Waals surface area contributed by atoms with E-state index in [0.717, 1.165) is 48.5 Å². The van der Waals surface area contributed by atoms with Gasteiger partial charge in [-0.15, -0.1) is 0 Å². The van der Waals surface area contributed by atoms with Gasteiger partial charge < -0.3 is 10.2 Å². The highest BCUT2D eigenvalue weighted by atomic mass is 35.5. The molecule has 0 saturated carbocycles. The minimum absolute atomic E-state index is 0.298. The minimum Gasteiger partial charge on any atom is -0.354 e. The summed E-state index contributed by atoms with van der Waals surface area (Å²) in [6.45, 7) is 6.14. The van der Waals surface area contributed by atoms with Crippen LogP contribution in [-0.2, 0) is 14.8 Å². The molecule has 1 aromatic carbocycles. The summed E-state index contributed by atoms with van der Waals surface area (Å²) in [5.41, 5.74) is 1.18. The third-order valence-electron chi connectivity index (χ3n) is 5.19. The van der Waals surface area contributed by atoms with E-state index in [1.54, 1.807) is 32.0 Å². The molecule has 1 amide bonds. The smallest absolute Gasteiger partial charge is 0.243 e. The van der Waals surface area contributed by atoms with Crippen molar-refractivity contribution in [1.29, 1.82) is 0 Å². The van der Waals surface area contributed by atoms with Gasteiger partial charge in [-0.2, -0.15) is 0 Å². The molecular formula is C19H30ClN3O3S. The maximum Gasteiger partial charge on any atom is 0.243 e. The third-order valence-corrected chi connectivity index (χ3v) is 6.65. The lowest BCUT2D eigenvalue weighted by Crippen LogP contribution is -2.48. The number of hydrogen-bond acceptors (Lipinski definition) is 4. The molecule has 1 heterocycles. The van der Waals surface area contributed by atoms with E-state index in [9.17, 15) is 13.2 Å². The number of halogens is 1. The lowest BCUT2D eigenvalue weighted by molar-refractivity contribution is -0.121. The van der Waals surface area contributed by atoms with Crippen molar-refractivity contribution < 1.29 is 13.2 Å². The Balaban J connectivity index is 2.03. The number of amides is 1. The lowest BCUT2D eigenvalue weighted by Gasteiger charge is -2.30. The van der Waals surface area contributed by atoms with Crippen LogP contribution < -0.4 is 9.62 Å². The summed E-state index contributed by atoms with van der Waals surface area (Å²) in [6.07, 6.45) is 4.30. The Morgan fingerprint density at radius 3 is 2.59 bits per heavy atom. The van der Waals surface area contributed by atoms with Crippen LogP contribution in [0.25, 0.3) is 0 Å². The van der Waals surface area contributed by atoms with Gasteiger partial charge >= 0.3 is 0 Å². The second kappa shape index (κ2) is 9.26. The van der Waals surface area contributed by atoms with E-state index in [-0.39, 0.29) is 5.91 Å². The van der Waals surface area contributed by atoms with Crippen molar-refractivity contribution in [2.75, 3.05) is 37.2 Å². The van der Waals surface area contributed by atoms with E-state index < -0.39 is 16.1 Å². The van der Waals surface area contributed by atoms with Gasteiger partial charge in [-0.1, -0.05) is 17.7 Å². The summed E-state index contributed by atoms with van der Waals surface area (Å²) < 4.78 is 25.9. The fourth-order valence-corrected chi connectivity index (χ4v) is 4.89. The number of nitrogens with zero attached hydrogens (tertiary/aromatic N) is 2. The van der Waals surface area contributed by atoms with E-state index in [1.807, 2.05) is 0 Å². The van der Waals surface area contributed by atoms with Crippen molar-refractivity contribution in [1.82, 2.24) is 10.2 Å². The molecule has 6 nitrogen and oxygen atoms in total. The lowest BCUT2D eigenvalue weighted by atomic mass is 9.94. The van der Waals surface area contributed by atoms with Gasteiger partial charge in [0, 0.05) is 11.6 Å². The Morgan fingerprint density at radius 2 is 2.00 bits per heavy atom. The predicted octanol–water partition coefficient (Wildman–Crippen LogP) is 2.65. The Morgan fingerprint density at radius 1 is 1.37 bits per heavy atom. The molecule has 1 aliphatic heterocycles. The van der Waals surface area contributed by atoms with Crippen molar-refractivity contribution in [3.63, 3.8) is 0 Å². The van der Waals surface area contributed by atoms with Gasteiger partial charge in [0.1, 0.15) is 6.04 Å². The van der Waals surface area contributed by atoms with Crippen molar-refractivity contribution in [3.8, 4) is 0 Å². The van der Waals surface area contributed by atoms with Gasteiger partial charge in [-0.25, -0.2) is 8.42 Å². The van der Waals surface area contributed by atoms with E-state index in [2.05, 4.69) is 17.3 Å². The highest BCUT2D eigenvalue weighted by Crippen LogP contribution is 2.28. The Labute approximate surface area is 167 Å². The monoisotopic (exact) mass is 415 g/mol. The summed E-state index contributed by atoms with van der Waals surface area (Å²) in [5.74, 6) is 0.311. The molecule has 1 fully saturated rings. The number of hydrogen-bond donors (Lipinski definition) is 1. The quantitative estimate of drug-likeness (QED) is 0.743. The Bertz CT molecular complexity index is 761. The average Bonchev–Trinajstić information content (AvgIpc) is 2.58. The number of rotatable bonds is 7. The first kappa shape index (κ1) is 22.0. The van der Waals surface area contributed by atoms with Crippen LogP contribution in [-0.4, -0.2) is 58.2 Å². The first-order valence-corrected chi connectivity index (χ1v) is 11.5. The van der Waals surface area contributed by atoms with Crippen molar-refractivity contribution in [3.05, 3.63) is 28.8 Å². The number of likely N-dealkylation sites (tertiary alicyclic amines) is 1. The maximum absolute atomic E-state index is 12.6. The van der Waals surface area contributed by atoms with Gasteiger partial charge in [-0.05, 0) is 76.9 Å². The molecule has 1 unspecified atom stereocenters. The number of benzene rings is 1. The Hall–Kier alpha value is -1.31. The zero-order valence-electron chi connectivity index (χ0n) is 16.5. The fourth-order valence-electron chi connectivity index (χ4n) is 3.50. The summed E-state index contributed by atoms with van der Waals surface area (Å²) >= 11 is 6.05. The van der Waals surface area contributed by atoms with Gasteiger partial charge in [-0.3, -0.25) is 9.10 Å². The maximum atomic E-state index is 12.6. The van der Waals surface area contributed by atoms with Crippen LogP contribution in [0.5, 0.6) is 0 Å². The molecule has 0 bridgehead atoms. The van der Waals surface area contributed by atoms with Crippen LogP contribution in [0, 0.1) is 12.8 Å². The van der Waals surface area contributed by atoms with Crippen LogP contribution >= 0.6 is 11.6 Å². The molecule has 152 valence electrons. The van der Waals surface area contributed by atoms with Crippen molar-refractivity contribution in [2.24, 2.45) is 5.92 Å². The third kappa shape index (κ3) is 6.09. The van der Waals surface area contributed by atoms with Crippen LogP contribution in [0.3, 0.4) is 0 Å². The molecule has 2 rings (SSSR count). The minimum atomic E-state index is -3.64. The second-order valence-corrected chi connectivity index (χ2v) is 9.79. The van der Waals surface area contributed by atoms with Gasteiger partial charge in [0.05, 0.1) is 11.9 Å². The first-order chi connectivity index (χ1) is 12.6. The number of sulfonamides is 1. The number of piperidine rings is 1. The number of carbonyl (C=O) groups excluding carboxylic acids is 1. The van der Waals surface area contributed by atoms with Crippen LogP contribution in [0.1, 0.15) is 31.7 Å². The predicted molar refractivity (Wildman–Crippen MR) is 111 cm³/mol. The Kier molecular flexibility index (Phi) is 7.54. The number of aryl methyl sites for hydroxylation is 1. The normalized spacial score (nSPS) is 17.5. The highest BCUT2D eigenvalue weighted by molar-refractivity contribution is 7.92. The summed E-state index contributed by atoms with van der Waals surface area (Å²) in [6, 6.07) is 4.18. The second-order valence-electron chi connectivity index (χ2n) is 7.49. The molecule has 0 aromatic heterocycles. The zero-order chi connectivity index (χ0) is 20.2. The van der Waals surface area contributed by atoms with E-state index >= 15 is 0 Å². The molecule has 1 N–H and O–H groups in total. The van der Waals surface area contributed by atoms with Gasteiger partial charge in [0.2, 0.25) is 15.9 Å². The molecule has 0 aliphatic carbocycles. The SMILES string of the molecule is Cc1ccc(Cl)cc1N(C(C)C(=O)NCCC1CCN(C)CC1)S(C)(=O)=O. The van der Waals surface area contributed by atoms with Gasteiger partial charge in [0.25, 0.3) is 0 Å². The number of anilines is 1. The molecular weight excluding hydrogens is 386 g/mol. The summed E-state index contributed by atoms with van der Waals surface area (Å²) in [4.78, 5) is 14.9. The summed E-state index contributed by atoms with van der Waals surface area (Å²) in [7, 11) is -1.52. The molecule has 8 heteroatoms. The standard InChI is InChI=1S/C19H30ClN3O3S/c1-14-5-6-17(20)13-18(14)23(27(4,25)26)15(2)19(24)21-10-7-16-8-11-22(3)12-9-16/h5-6,13,15-16H,7-12H2,1-4H3,(H,21,24). The first-order valence-electron chi connectivity index (χ1n) is 9.31. The van der Waals surface area contributed by atoms with Crippen LogP contribution in [0.2, 0.25) is 5.02 Å². The molecule has 1 aromatic rings. The number of nitrogens with one attached hydrogen (secondary N) is 1. The largest absolute Gasteiger partial charge is 0.354 e. The van der Waals surface area contributed by atoms with E-state index in [4.69, 9.17) is 11.6 Å². The van der Waals surface area contributed by atoms with Crippen molar-refractivity contribution in [2.45, 2.75) is 39.2 Å². The average molecular weight is 416 g/mol. The molecule has 1 saturated heterocycles. The highest BCUT2D eigenvalue weighted by Gasteiger charge is 2.30. The van der Waals surface area contributed by atoms with Crippen LogP contribution in [0.15, 0.2) is 18.2 Å². The molecule has 0 radical (unpaired) electrons. The molecule has 1 atom stereocenters. The zero-order valence-corrected chi connectivity index (χ0v) is 18.1. The molecule has 0 spiro atoms. The summed E-state index contributed by atoms with van der Waals surface area (Å²) in [5, 5.41) is 3.34. The fraction of sp³-hybridized carbons (Fsp3) is 0.632. The van der Waals surface area contributed by atoms with Crippen LogP contribution in [0.4, 0.5) is 5.69 Å². The van der Waals surface area contributed by atoms with E-state index in [0.29, 0.717) is 23.2 Å². The van der Waals surface area contributed by atoms with Crippen molar-refractivity contribution >= 4 is 33.2 Å².